The highest BCUT2D eigenvalue weighted by Gasteiger charge is 2.29. The van der Waals surface area contributed by atoms with Gasteiger partial charge in [0.05, 0.1) is 12.2 Å². The van der Waals surface area contributed by atoms with Crippen molar-refractivity contribution >= 4 is 5.91 Å². The van der Waals surface area contributed by atoms with Crippen LogP contribution in [0.3, 0.4) is 0 Å². The molecule has 0 aromatic carbocycles. The minimum atomic E-state index is -0.181. The first-order chi connectivity index (χ1) is 11.1. The number of rotatable bonds is 4. The summed E-state index contributed by atoms with van der Waals surface area (Å²) in [7, 11) is 0. The van der Waals surface area contributed by atoms with E-state index in [0.717, 1.165) is 18.5 Å². The van der Waals surface area contributed by atoms with E-state index >= 15 is 0 Å². The van der Waals surface area contributed by atoms with Crippen LogP contribution >= 0.6 is 0 Å². The van der Waals surface area contributed by atoms with Crippen LogP contribution in [0.1, 0.15) is 42.9 Å². The number of aromatic nitrogens is 3. The van der Waals surface area contributed by atoms with Crippen molar-refractivity contribution in [3.63, 3.8) is 0 Å². The van der Waals surface area contributed by atoms with E-state index in [4.69, 9.17) is 0 Å². The Kier molecular flexibility index (Phi) is 4.32. The van der Waals surface area contributed by atoms with E-state index in [1.807, 2.05) is 34.0 Å². The molecule has 6 nitrogen and oxygen atoms in total. The predicted octanol–water partition coefficient (Wildman–Crippen LogP) is 1.81. The van der Waals surface area contributed by atoms with Crippen molar-refractivity contribution < 1.29 is 4.79 Å². The molecule has 0 spiro atoms. The number of carbonyl (C=O) groups is 1. The second kappa shape index (κ2) is 6.40. The molecule has 3 heterocycles. The molecule has 2 aromatic rings. The van der Waals surface area contributed by atoms with E-state index in [1.54, 1.807) is 6.92 Å². The average molecular weight is 314 g/mol. The fourth-order valence-corrected chi connectivity index (χ4v) is 3.19. The first-order valence-corrected chi connectivity index (χ1v) is 8.10. The number of carbonyl (C=O) groups excluding carboxylic acids is 1. The number of H-pyrrole nitrogens is 1. The van der Waals surface area contributed by atoms with Gasteiger partial charge in [-0.2, -0.15) is 0 Å². The maximum absolute atomic E-state index is 13.0. The lowest BCUT2D eigenvalue weighted by atomic mass is 10.0. The Labute approximate surface area is 135 Å². The van der Waals surface area contributed by atoms with Gasteiger partial charge in [0.25, 0.3) is 5.56 Å². The van der Waals surface area contributed by atoms with Crippen LogP contribution in [-0.2, 0) is 17.8 Å². The lowest BCUT2D eigenvalue weighted by Gasteiger charge is -2.31. The third kappa shape index (κ3) is 3.06. The number of hydrogen-bond acceptors (Lipinski definition) is 3. The van der Waals surface area contributed by atoms with E-state index in [2.05, 4.69) is 16.9 Å². The summed E-state index contributed by atoms with van der Waals surface area (Å²) in [5.74, 6) is 0.701. The molecule has 1 unspecified atom stereocenters. The van der Waals surface area contributed by atoms with Gasteiger partial charge < -0.3 is 14.5 Å². The Morgan fingerprint density at radius 2 is 2.13 bits per heavy atom. The molecule has 1 N–H and O–H groups in total. The summed E-state index contributed by atoms with van der Waals surface area (Å²) in [6.07, 6.45) is 6.18. The molecule has 0 saturated heterocycles. The molecule has 0 saturated carbocycles. The highest BCUT2D eigenvalue weighted by Crippen LogP contribution is 2.22. The van der Waals surface area contributed by atoms with Gasteiger partial charge >= 0.3 is 0 Å². The van der Waals surface area contributed by atoms with Crippen molar-refractivity contribution in [1.82, 2.24) is 19.4 Å². The van der Waals surface area contributed by atoms with Crippen molar-refractivity contribution in [2.75, 3.05) is 6.54 Å². The monoisotopic (exact) mass is 314 g/mol. The van der Waals surface area contributed by atoms with Crippen molar-refractivity contribution in [1.29, 1.82) is 0 Å². The SMILES string of the molecule is CCCC(C(=O)N1CCc2c(nc(C)[nH]c2=O)C1)n1cccc1. The smallest absolute Gasteiger partial charge is 0.254 e. The van der Waals surface area contributed by atoms with Gasteiger partial charge in [-0.15, -0.1) is 0 Å². The molecular weight excluding hydrogens is 292 g/mol. The highest BCUT2D eigenvalue weighted by atomic mass is 16.2. The normalized spacial score (nSPS) is 15.3. The van der Waals surface area contributed by atoms with E-state index in [1.165, 1.54) is 0 Å². The average Bonchev–Trinajstić information content (AvgIpc) is 3.05. The van der Waals surface area contributed by atoms with Crippen LogP contribution in [0, 0.1) is 6.92 Å². The zero-order valence-corrected chi connectivity index (χ0v) is 13.6. The van der Waals surface area contributed by atoms with Gasteiger partial charge in [0.2, 0.25) is 5.91 Å². The third-order valence-electron chi connectivity index (χ3n) is 4.34. The molecule has 1 aliphatic heterocycles. The number of amides is 1. The Hall–Kier alpha value is -2.37. The van der Waals surface area contributed by atoms with E-state index < -0.39 is 0 Å². The summed E-state index contributed by atoms with van der Waals surface area (Å²) in [4.78, 5) is 33.9. The first kappa shape index (κ1) is 15.5. The molecule has 0 fully saturated rings. The van der Waals surface area contributed by atoms with Crippen LogP contribution in [0.25, 0.3) is 0 Å². The van der Waals surface area contributed by atoms with Gasteiger partial charge in [0.1, 0.15) is 11.9 Å². The highest BCUT2D eigenvalue weighted by molar-refractivity contribution is 5.80. The first-order valence-electron chi connectivity index (χ1n) is 8.10. The van der Waals surface area contributed by atoms with Crippen molar-refractivity contribution in [2.24, 2.45) is 0 Å². The van der Waals surface area contributed by atoms with Gasteiger partial charge in [-0.3, -0.25) is 9.59 Å². The lowest BCUT2D eigenvalue weighted by Crippen LogP contribution is -2.42. The summed E-state index contributed by atoms with van der Waals surface area (Å²) < 4.78 is 1.97. The zero-order chi connectivity index (χ0) is 16.4. The van der Waals surface area contributed by atoms with E-state index in [0.29, 0.717) is 30.9 Å². The summed E-state index contributed by atoms with van der Waals surface area (Å²) >= 11 is 0. The molecule has 1 amide bonds. The number of nitrogens with one attached hydrogen (secondary N) is 1. The van der Waals surface area contributed by atoms with E-state index in [9.17, 15) is 9.59 Å². The largest absolute Gasteiger partial charge is 0.342 e. The maximum Gasteiger partial charge on any atom is 0.254 e. The molecule has 2 aromatic heterocycles. The second-order valence-electron chi connectivity index (χ2n) is 6.02. The Bertz CT molecular complexity index is 748. The lowest BCUT2D eigenvalue weighted by molar-refractivity contribution is -0.136. The number of fused-ring (bicyclic) bond motifs is 1. The Morgan fingerprint density at radius 1 is 1.39 bits per heavy atom. The molecule has 1 aliphatic rings. The molecule has 23 heavy (non-hydrogen) atoms. The molecule has 6 heteroatoms. The number of aryl methyl sites for hydroxylation is 1. The van der Waals surface area contributed by atoms with Crippen LogP contribution < -0.4 is 5.56 Å². The molecular formula is C17H22N4O2. The van der Waals surface area contributed by atoms with Crippen LogP contribution in [0.4, 0.5) is 0 Å². The van der Waals surface area contributed by atoms with Gasteiger partial charge in [-0.25, -0.2) is 4.98 Å². The number of aromatic amines is 1. The topological polar surface area (TPSA) is 71.0 Å². The summed E-state index contributed by atoms with van der Waals surface area (Å²) in [6, 6.07) is 3.69. The fourth-order valence-electron chi connectivity index (χ4n) is 3.19. The van der Waals surface area contributed by atoms with Crippen LogP contribution in [0.2, 0.25) is 0 Å². The van der Waals surface area contributed by atoms with Crippen LogP contribution in [-0.4, -0.2) is 31.9 Å². The molecule has 122 valence electrons. The molecule has 1 atom stereocenters. The number of nitrogens with zero attached hydrogens (tertiary/aromatic N) is 3. The van der Waals surface area contributed by atoms with Gasteiger partial charge in [-0.05, 0) is 31.9 Å². The van der Waals surface area contributed by atoms with Crippen LogP contribution in [0.15, 0.2) is 29.3 Å². The Morgan fingerprint density at radius 3 is 2.83 bits per heavy atom. The van der Waals surface area contributed by atoms with E-state index in [-0.39, 0.29) is 17.5 Å². The molecule has 3 rings (SSSR count). The van der Waals surface area contributed by atoms with Gasteiger partial charge in [0, 0.05) is 24.5 Å². The minimum Gasteiger partial charge on any atom is -0.342 e. The van der Waals surface area contributed by atoms with Gasteiger partial charge in [0.15, 0.2) is 0 Å². The second-order valence-corrected chi connectivity index (χ2v) is 6.02. The quantitative estimate of drug-likeness (QED) is 0.935. The maximum atomic E-state index is 13.0. The number of hydrogen-bond donors (Lipinski definition) is 1. The molecule has 0 radical (unpaired) electrons. The third-order valence-corrected chi connectivity index (χ3v) is 4.34. The fraction of sp³-hybridized carbons (Fsp3) is 0.471. The minimum absolute atomic E-state index is 0.0740. The summed E-state index contributed by atoms with van der Waals surface area (Å²) in [5.41, 5.74) is 1.37. The van der Waals surface area contributed by atoms with Crippen molar-refractivity contribution in [2.45, 2.75) is 45.7 Å². The standard InChI is InChI=1S/C17H22N4O2/c1-3-6-15(20-8-4-5-9-20)17(23)21-10-7-13-14(11-21)18-12(2)19-16(13)22/h4-5,8-9,15H,3,6-7,10-11H2,1-2H3,(H,18,19,22). The Balaban J connectivity index is 1.84. The summed E-state index contributed by atoms with van der Waals surface area (Å²) in [5, 5.41) is 0. The van der Waals surface area contributed by atoms with Crippen molar-refractivity contribution in [3.8, 4) is 0 Å². The summed E-state index contributed by atoms with van der Waals surface area (Å²) in [6.45, 7) is 4.84. The predicted molar refractivity (Wildman–Crippen MR) is 87.1 cm³/mol. The van der Waals surface area contributed by atoms with Crippen molar-refractivity contribution in [3.05, 3.63) is 52.0 Å². The van der Waals surface area contributed by atoms with Crippen LogP contribution in [0.5, 0.6) is 0 Å². The molecule has 0 aliphatic carbocycles. The van der Waals surface area contributed by atoms with Gasteiger partial charge in [-0.1, -0.05) is 13.3 Å². The molecule has 0 bridgehead atoms. The zero-order valence-electron chi connectivity index (χ0n) is 13.6.